The highest BCUT2D eigenvalue weighted by atomic mass is 16.6. The number of alkyl carbamates (subject to hydrolysis) is 1. The van der Waals surface area contributed by atoms with E-state index >= 15 is 0 Å². The Hall–Kier alpha value is -1.76. The summed E-state index contributed by atoms with van der Waals surface area (Å²) in [7, 11) is 0. The number of hydrogen-bond acceptors (Lipinski definition) is 4. The van der Waals surface area contributed by atoms with Gasteiger partial charge in [-0.3, -0.25) is 4.99 Å². The molecule has 144 valence electrons. The molecule has 0 saturated carbocycles. The van der Waals surface area contributed by atoms with Crippen molar-refractivity contribution in [3.05, 3.63) is 11.6 Å². The zero-order valence-electron chi connectivity index (χ0n) is 16.1. The Labute approximate surface area is 151 Å². The summed E-state index contributed by atoms with van der Waals surface area (Å²) in [6.45, 7) is 12.0. The van der Waals surface area contributed by atoms with E-state index in [9.17, 15) is 4.79 Å². The number of carbonyl (C=O) groups excluding carboxylic acids is 1. The van der Waals surface area contributed by atoms with Gasteiger partial charge in [0.1, 0.15) is 5.60 Å². The van der Waals surface area contributed by atoms with Crippen molar-refractivity contribution < 1.29 is 14.3 Å². The van der Waals surface area contributed by atoms with E-state index < -0.39 is 5.60 Å². The van der Waals surface area contributed by atoms with Crippen molar-refractivity contribution in [1.29, 1.82) is 0 Å². The predicted molar refractivity (Wildman–Crippen MR) is 101 cm³/mol. The quantitative estimate of drug-likeness (QED) is 0.269. The van der Waals surface area contributed by atoms with E-state index in [1.54, 1.807) is 0 Å². The first-order chi connectivity index (χ1) is 11.9. The van der Waals surface area contributed by atoms with Crippen LogP contribution < -0.4 is 16.0 Å². The van der Waals surface area contributed by atoms with Crippen molar-refractivity contribution in [1.82, 2.24) is 16.0 Å². The summed E-state index contributed by atoms with van der Waals surface area (Å²) in [4.78, 5) is 16.1. The van der Waals surface area contributed by atoms with E-state index in [1.165, 1.54) is 5.57 Å². The van der Waals surface area contributed by atoms with Crippen LogP contribution in [0.1, 0.15) is 47.0 Å². The summed E-state index contributed by atoms with van der Waals surface area (Å²) < 4.78 is 10.5. The van der Waals surface area contributed by atoms with Crippen molar-refractivity contribution >= 4 is 12.1 Å². The van der Waals surface area contributed by atoms with Crippen LogP contribution in [0.5, 0.6) is 0 Å². The number of aliphatic imine (C=N–C) groups is 1. The van der Waals surface area contributed by atoms with Gasteiger partial charge in [-0.15, -0.1) is 0 Å². The summed E-state index contributed by atoms with van der Waals surface area (Å²) in [6, 6.07) is 0. The van der Waals surface area contributed by atoms with E-state index in [2.05, 4.69) is 27.0 Å². The van der Waals surface area contributed by atoms with Gasteiger partial charge in [0.25, 0.3) is 0 Å². The monoisotopic (exact) mass is 354 g/mol. The lowest BCUT2D eigenvalue weighted by Gasteiger charge is -2.19. The summed E-state index contributed by atoms with van der Waals surface area (Å²) in [5, 5.41) is 9.32. The second kappa shape index (κ2) is 11.7. The normalized spacial score (nSPS) is 15.4. The topological polar surface area (TPSA) is 84.0 Å². The van der Waals surface area contributed by atoms with Gasteiger partial charge < -0.3 is 25.4 Å². The Balaban J connectivity index is 2.21. The molecule has 0 fully saturated rings. The van der Waals surface area contributed by atoms with Gasteiger partial charge in [0.15, 0.2) is 5.96 Å². The lowest BCUT2D eigenvalue weighted by atomic mass is 10.1. The first kappa shape index (κ1) is 21.3. The van der Waals surface area contributed by atoms with Crippen molar-refractivity contribution in [2.75, 3.05) is 39.4 Å². The maximum absolute atomic E-state index is 11.5. The van der Waals surface area contributed by atoms with Crippen molar-refractivity contribution in [3.63, 3.8) is 0 Å². The minimum atomic E-state index is -0.468. The van der Waals surface area contributed by atoms with Crippen LogP contribution in [-0.4, -0.2) is 57.0 Å². The van der Waals surface area contributed by atoms with Crippen LogP contribution >= 0.6 is 0 Å². The second-order valence-corrected chi connectivity index (χ2v) is 6.91. The molecule has 1 aliphatic heterocycles. The molecule has 0 aromatic rings. The Bertz CT molecular complexity index is 456. The van der Waals surface area contributed by atoms with Crippen molar-refractivity contribution in [3.8, 4) is 0 Å². The first-order valence-electron chi connectivity index (χ1n) is 9.15. The van der Waals surface area contributed by atoms with Crippen LogP contribution in [0, 0.1) is 0 Å². The van der Waals surface area contributed by atoms with Crippen LogP contribution in [0.4, 0.5) is 4.79 Å². The third-order valence-corrected chi connectivity index (χ3v) is 3.41. The SMILES string of the molecule is CCNC(=NCCCNC(=O)OC(C)(C)C)NCCC1=CCOCC1. The van der Waals surface area contributed by atoms with Crippen LogP contribution in [0.3, 0.4) is 0 Å². The molecule has 7 nitrogen and oxygen atoms in total. The van der Waals surface area contributed by atoms with E-state index in [4.69, 9.17) is 9.47 Å². The number of carbonyl (C=O) groups is 1. The van der Waals surface area contributed by atoms with Gasteiger partial charge in [-0.1, -0.05) is 11.6 Å². The Morgan fingerprint density at radius 3 is 2.72 bits per heavy atom. The number of amides is 1. The minimum absolute atomic E-state index is 0.383. The molecule has 25 heavy (non-hydrogen) atoms. The van der Waals surface area contributed by atoms with Gasteiger partial charge >= 0.3 is 6.09 Å². The highest BCUT2D eigenvalue weighted by Crippen LogP contribution is 2.10. The van der Waals surface area contributed by atoms with Gasteiger partial charge in [-0.25, -0.2) is 4.79 Å². The number of guanidine groups is 1. The molecule has 1 aliphatic rings. The Kier molecular flexibility index (Phi) is 9.99. The Morgan fingerprint density at radius 2 is 2.08 bits per heavy atom. The molecule has 0 aromatic carbocycles. The van der Waals surface area contributed by atoms with E-state index in [0.29, 0.717) is 13.1 Å². The molecule has 1 rings (SSSR count). The lowest BCUT2D eigenvalue weighted by Crippen LogP contribution is -2.38. The number of rotatable bonds is 8. The van der Waals surface area contributed by atoms with Gasteiger partial charge in [-0.2, -0.15) is 0 Å². The summed E-state index contributed by atoms with van der Waals surface area (Å²) in [5.41, 5.74) is 0.973. The molecule has 7 heteroatoms. The average Bonchev–Trinajstić information content (AvgIpc) is 2.54. The van der Waals surface area contributed by atoms with Gasteiger partial charge in [0.2, 0.25) is 0 Å². The smallest absolute Gasteiger partial charge is 0.407 e. The molecular formula is C18H34N4O3. The fourth-order valence-electron chi connectivity index (χ4n) is 2.25. The second-order valence-electron chi connectivity index (χ2n) is 6.91. The van der Waals surface area contributed by atoms with Crippen molar-refractivity contribution in [2.24, 2.45) is 4.99 Å². The van der Waals surface area contributed by atoms with E-state index in [-0.39, 0.29) is 6.09 Å². The molecule has 0 aliphatic carbocycles. The van der Waals surface area contributed by atoms with Gasteiger partial charge in [0.05, 0.1) is 13.2 Å². The highest BCUT2D eigenvalue weighted by molar-refractivity contribution is 5.79. The van der Waals surface area contributed by atoms with E-state index in [0.717, 1.165) is 51.5 Å². The molecule has 1 amide bonds. The predicted octanol–water partition coefficient (Wildman–Crippen LogP) is 2.19. The lowest BCUT2D eigenvalue weighted by molar-refractivity contribution is 0.0527. The molecule has 1 heterocycles. The molecule has 0 spiro atoms. The number of nitrogens with one attached hydrogen (secondary N) is 3. The fourth-order valence-corrected chi connectivity index (χ4v) is 2.25. The third-order valence-electron chi connectivity index (χ3n) is 3.41. The zero-order chi connectivity index (χ0) is 18.5. The van der Waals surface area contributed by atoms with Gasteiger partial charge in [-0.05, 0) is 47.0 Å². The standard InChI is InChI=1S/C18H34N4O3/c1-5-19-16(21-12-7-15-8-13-24-14-9-15)20-10-6-11-22-17(23)25-18(2,3)4/h8H,5-7,9-14H2,1-4H3,(H,22,23)(H2,19,20,21). The van der Waals surface area contributed by atoms with Crippen molar-refractivity contribution in [2.45, 2.75) is 52.6 Å². The van der Waals surface area contributed by atoms with Crippen LogP contribution in [0.15, 0.2) is 16.6 Å². The van der Waals surface area contributed by atoms with E-state index in [1.807, 2.05) is 27.7 Å². The number of hydrogen-bond donors (Lipinski definition) is 3. The summed E-state index contributed by atoms with van der Waals surface area (Å²) in [6.07, 6.45) is 4.57. The molecule has 0 atom stereocenters. The van der Waals surface area contributed by atoms with Crippen LogP contribution in [0.25, 0.3) is 0 Å². The summed E-state index contributed by atoms with van der Waals surface area (Å²) in [5.74, 6) is 0.812. The number of nitrogens with zero attached hydrogens (tertiary/aromatic N) is 1. The Morgan fingerprint density at radius 1 is 1.28 bits per heavy atom. The number of ether oxygens (including phenoxy) is 2. The summed E-state index contributed by atoms with van der Waals surface area (Å²) >= 11 is 0. The average molecular weight is 354 g/mol. The van der Waals surface area contributed by atoms with Gasteiger partial charge in [0, 0.05) is 26.2 Å². The van der Waals surface area contributed by atoms with Crippen LogP contribution in [0.2, 0.25) is 0 Å². The van der Waals surface area contributed by atoms with Crippen LogP contribution in [-0.2, 0) is 9.47 Å². The maximum Gasteiger partial charge on any atom is 0.407 e. The first-order valence-corrected chi connectivity index (χ1v) is 9.15. The maximum atomic E-state index is 11.5. The third kappa shape index (κ3) is 11.4. The molecule has 0 aromatic heterocycles. The molecule has 0 radical (unpaired) electrons. The molecule has 0 bridgehead atoms. The molecule has 0 unspecified atom stereocenters. The zero-order valence-corrected chi connectivity index (χ0v) is 16.1. The minimum Gasteiger partial charge on any atom is -0.444 e. The molecule has 3 N–H and O–H groups in total. The fraction of sp³-hybridized carbons (Fsp3) is 0.778. The highest BCUT2D eigenvalue weighted by Gasteiger charge is 2.15. The largest absolute Gasteiger partial charge is 0.444 e. The molecule has 0 saturated heterocycles. The molecular weight excluding hydrogens is 320 g/mol.